The number of nitriles is 1. The molecule has 0 spiro atoms. The number of aliphatic hydroxyl groups excluding tert-OH is 1. The second kappa shape index (κ2) is 13.0. The molecule has 0 aliphatic rings. The largest absolute Gasteiger partial charge is 0.512 e. The molecule has 40 heavy (non-hydrogen) atoms. The van der Waals surface area contributed by atoms with Crippen LogP contribution in [0.15, 0.2) is 96.9 Å². The van der Waals surface area contributed by atoms with Crippen LogP contribution < -0.4 is 5.19 Å². The summed E-state index contributed by atoms with van der Waals surface area (Å²) in [7, 11) is -1.48. The summed E-state index contributed by atoms with van der Waals surface area (Å²) in [4.78, 5) is 14.7. The fraction of sp³-hybridized carbons (Fsp3) is 0.147. The molecule has 6 heteroatoms. The molecule has 1 heterocycles. The van der Waals surface area contributed by atoms with Gasteiger partial charge in [-0.15, -0.1) is 23.6 Å². The number of pyridine rings is 1. The van der Waals surface area contributed by atoms with Crippen molar-refractivity contribution in [1.82, 2.24) is 4.98 Å². The fourth-order valence-electron chi connectivity index (χ4n) is 4.69. The number of aromatic nitrogens is 1. The Balaban J connectivity index is 0.000000492. The van der Waals surface area contributed by atoms with Crippen molar-refractivity contribution >= 4 is 40.6 Å². The first-order valence-corrected chi connectivity index (χ1v) is 16.3. The first kappa shape index (κ1) is 30.7. The Hall–Kier alpha value is -3.88. The normalized spacial score (nSPS) is 11.2. The van der Waals surface area contributed by atoms with Crippen molar-refractivity contribution in [3.05, 3.63) is 109 Å². The molecule has 0 bridgehead atoms. The van der Waals surface area contributed by atoms with Gasteiger partial charge in [0, 0.05) is 38.1 Å². The number of carbonyl (C=O) groups excluding carboxylic acids is 1. The Bertz CT molecular complexity index is 1760. The third-order valence-corrected chi connectivity index (χ3v) is 8.43. The number of hydrogen-bond donors (Lipinski definition) is 1. The Morgan fingerprint density at radius 1 is 0.950 bits per heavy atom. The second-order valence-electron chi connectivity index (χ2n) is 10.5. The van der Waals surface area contributed by atoms with E-state index in [1.807, 2.05) is 36.5 Å². The molecule has 1 aromatic heterocycles. The minimum atomic E-state index is -1.48. The first-order valence-electron chi connectivity index (χ1n) is 12.8. The minimum absolute atomic E-state index is 0. The maximum Gasteiger partial charge on any atom is 0.155 e. The zero-order valence-electron chi connectivity index (χ0n) is 23.2. The molecule has 0 saturated heterocycles. The number of hydrogen-bond acceptors (Lipinski definition) is 4. The predicted molar refractivity (Wildman–Crippen MR) is 164 cm³/mol. The number of nitrogens with zero attached hydrogens (tertiary/aromatic N) is 2. The third kappa shape index (κ3) is 7.00. The van der Waals surface area contributed by atoms with E-state index in [4.69, 9.17) is 5.11 Å². The quantitative estimate of drug-likeness (QED) is 0.0886. The molecule has 203 valence electrons. The number of fused-ring (bicyclic) bond motifs is 2. The number of rotatable bonds is 4. The van der Waals surface area contributed by atoms with Gasteiger partial charge in [0.15, 0.2) is 5.78 Å². The average Bonchev–Trinajstić information content (AvgIpc) is 2.91. The summed E-state index contributed by atoms with van der Waals surface area (Å²) in [6.45, 7) is 10.0. The van der Waals surface area contributed by atoms with Crippen LogP contribution in [0.4, 0.5) is 0 Å². The average molecular weight is 720 g/mol. The van der Waals surface area contributed by atoms with E-state index in [2.05, 4.69) is 85.3 Å². The zero-order valence-corrected chi connectivity index (χ0v) is 26.6. The van der Waals surface area contributed by atoms with E-state index >= 15 is 0 Å². The van der Waals surface area contributed by atoms with E-state index in [0.717, 1.165) is 32.8 Å². The van der Waals surface area contributed by atoms with Gasteiger partial charge in [-0.25, -0.2) is 0 Å². The summed E-state index contributed by atoms with van der Waals surface area (Å²) in [5, 5.41) is 23.6. The third-order valence-electron chi connectivity index (χ3n) is 6.37. The summed E-state index contributed by atoms with van der Waals surface area (Å²) in [5.41, 5.74) is 4.90. The number of ketones is 1. The molecule has 5 rings (SSSR count). The maximum atomic E-state index is 10.0. The molecule has 1 radical (unpaired) electrons. The molecule has 0 atom stereocenters. The van der Waals surface area contributed by atoms with Gasteiger partial charge < -0.3 is 5.11 Å². The van der Waals surface area contributed by atoms with Crippen molar-refractivity contribution in [2.24, 2.45) is 0 Å². The van der Waals surface area contributed by atoms with E-state index < -0.39 is 8.07 Å². The van der Waals surface area contributed by atoms with E-state index in [0.29, 0.717) is 5.56 Å². The second-order valence-corrected chi connectivity index (χ2v) is 15.6. The van der Waals surface area contributed by atoms with Crippen molar-refractivity contribution in [3.63, 3.8) is 0 Å². The van der Waals surface area contributed by atoms with Gasteiger partial charge in [-0.1, -0.05) is 90.4 Å². The molecule has 0 aliphatic heterocycles. The van der Waals surface area contributed by atoms with Gasteiger partial charge in [0.2, 0.25) is 0 Å². The summed E-state index contributed by atoms with van der Waals surface area (Å²) in [5.74, 6) is -0.0625. The number of allylic oxidation sites excluding steroid dienone is 2. The predicted octanol–water partition coefficient (Wildman–Crippen LogP) is 7.97. The fourth-order valence-corrected chi connectivity index (χ4v) is 6.33. The van der Waals surface area contributed by atoms with Crippen molar-refractivity contribution in [1.29, 1.82) is 5.26 Å². The van der Waals surface area contributed by atoms with Crippen LogP contribution in [-0.4, -0.2) is 23.9 Å². The van der Waals surface area contributed by atoms with E-state index in [-0.39, 0.29) is 31.6 Å². The van der Waals surface area contributed by atoms with Crippen molar-refractivity contribution in [3.8, 4) is 28.5 Å². The SMILES string of the molecule is CC(=O)/C=C(/C)O.C[Si](C)(C)c1ccccc1-c1ccc2c(-c3[c-]c4ccccc4c(C#N)c3)nccc2c1.[Ir]. The molecule has 0 fully saturated rings. The number of benzene rings is 4. The molecule has 4 nitrogen and oxygen atoms in total. The maximum absolute atomic E-state index is 10.0. The molecule has 0 aliphatic carbocycles. The molecule has 0 unspecified atom stereocenters. The van der Waals surface area contributed by atoms with Crippen molar-refractivity contribution in [2.45, 2.75) is 33.5 Å². The van der Waals surface area contributed by atoms with Gasteiger partial charge in [-0.2, -0.15) is 5.26 Å². The summed E-state index contributed by atoms with van der Waals surface area (Å²) in [6, 6.07) is 33.0. The Morgan fingerprint density at radius 3 is 2.30 bits per heavy atom. The van der Waals surface area contributed by atoms with Crippen LogP contribution in [0.3, 0.4) is 0 Å². The summed E-state index contributed by atoms with van der Waals surface area (Å²) >= 11 is 0. The van der Waals surface area contributed by atoms with E-state index in [9.17, 15) is 10.1 Å². The van der Waals surface area contributed by atoms with Crippen LogP contribution >= 0.6 is 0 Å². The molecule has 5 aromatic rings. The van der Waals surface area contributed by atoms with Gasteiger partial charge in [0.25, 0.3) is 0 Å². The molecule has 0 saturated carbocycles. The number of aliphatic hydroxyl groups is 1. The summed E-state index contributed by atoms with van der Waals surface area (Å²) < 4.78 is 0. The van der Waals surface area contributed by atoms with E-state index in [1.54, 1.807) is 0 Å². The minimum Gasteiger partial charge on any atom is -0.512 e. The number of carbonyl (C=O) groups is 1. The Morgan fingerprint density at radius 2 is 1.65 bits per heavy atom. The molecule has 4 aromatic carbocycles. The van der Waals surface area contributed by atoms with Gasteiger partial charge >= 0.3 is 0 Å². The van der Waals surface area contributed by atoms with Crippen LogP contribution in [0.25, 0.3) is 43.9 Å². The van der Waals surface area contributed by atoms with E-state index in [1.165, 1.54) is 36.2 Å². The van der Waals surface area contributed by atoms with Gasteiger partial charge in [-0.05, 0) is 53.4 Å². The van der Waals surface area contributed by atoms with Crippen molar-refractivity contribution < 1.29 is 30.0 Å². The Labute approximate surface area is 250 Å². The van der Waals surface area contributed by atoms with Crippen LogP contribution in [0.2, 0.25) is 19.6 Å². The van der Waals surface area contributed by atoms with Crippen molar-refractivity contribution in [2.75, 3.05) is 0 Å². The van der Waals surface area contributed by atoms with Crippen LogP contribution in [0.1, 0.15) is 19.4 Å². The molecule has 1 N–H and O–H groups in total. The van der Waals surface area contributed by atoms with Crippen LogP contribution in [0.5, 0.6) is 0 Å². The monoisotopic (exact) mass is 720 g/mol. The molecular formula is C34H31IrN2O2Si-. The molecular weight excluding hydrogens is 689 g/mol. The van der Waals surface area contributed by atoms with Crippen LogP contribution in [0, 0.1) is 17.4 Å². The standard InChI is InChI=1S/C29H23N2Si.C5H8O2.Ir/c1-32(2,3)28-11-7-6-10-26(28)21-12-13-27-22(16-21)14-15-31-29(27)23-17-20-8-4-5-9-25(20)24(18-23)19-30;1-4(6)3-5(2)7;/h4-16,18H,1-3H3;3,6H,1-2H3;/q-1;;/b;4-3-;. The Kier molecular flexibility index (Phi) is 9.95. The van der Waals surface area contributed by atoms with Crippen LogP contribution in [-0.2, 0) is 24.9 Å². The summed E-state index contributed by atoms with van der Waals surface area (Å²) in [6.07, 6.45) is 3.01. The first-order chi connectivity index (χ1) is 18.6. The molecule has 0 amide bonds. The van der Waals surface area contributed by atoms with Gasteiger partial charge in [-0.3, -0.25) is 9.78 Å². The van der Waals surface area contributed by atoms with Gasteiger partial charge in [0.1, 0.15) is 0 Å². The smallest absolute Gasteiger partial charge is 0.155 e. The zero-order chi connectivity index (χ0) is 28.2. The van der Waals surface area contributed by atoms with Gasteiger partial charge in [0.05, 0.1) is 19.9 Å². The topological polar surface area (TPSA) is 74.0 Å².